The van der Waals surface area contributed by atoms with Crippen LogP contribution in [0.4, 0.5) is 0 Å². The summed E-state index contributed by atoms with van der Waals surface area (Å²) in [7, 11) is 0. The fourth-order valence-corrected chi connectivity index (χ4v) is 7.67. The van der Waals surface area contributed by atoms with Gasteiger partial charge in [0.2, 0.25) is 0 Å². The number of furan rings is 1. The Morgan fingerprint density at radius 2 is 1.04 bits per heavy atom. The molecule has 1 aliphatic rings. The molecule has 7 aromatic carbocycles. The van der Waals surface area contributed by atoms with E-state index >= 15 is 0 Å². The molecule has 9 aromatic rings. The van der Waals surface area contributed by atoms with Gasteiger partial charge in [-0.3, -0.25) is 0 Å². The van der Waals surface area contributed by atoms with Crippen LogP contribution in [-0.2, 0) is 5.41 Å². The predicted octanol–water partition coefficient (Wildman–Crippen LogP) is 11.8. The molecule has 10 rings (SSSR count). The minimum Gasteiger partial charge on any atom is -0.456 e. The molecule has 1 aliphatic carbocycles. The van der Waals surface area contributed by atoms with Gasteiger partial charge in [0, 0.05) is 22.1 Å². The van der Waals surface area contributed by atoms with E-state index in [1.165, 1.54) is 21.5 Å². The van der Waals surface area contributed by atoms with Gasteiger partial charge < -0.3 is 4.42 Å². The highest BCUT2D eigenvalue weighted by Gasteiger charge is 2.40. The van der Waals surface area contributed by atoms with Gasteiger partial charge in [0.1, 0.15) is 17.2 Å². The van der Waals surface area contributed by atoms with Crippen LogP contribution in [0.2, 0.25) is 0 Å². The number of allylic oxidation sites excluding steroid dienone is 1. The van der Waals surface area contributed by atoms with Crippen LogP contribution >= 0.6 is 0 Å². The van der Waals surface area contributed by atoms with Crippen LogP contribution in [0.5, 0.6) is 0 Å². The SMILES string of the molecule is CC1(c2nc(-c3ccc4ccccc4c3)nc(-c3ccc4ccccc4c3)n2)CC=Cc2oc3cccc(-c4ccc5ccccc5c4)c3c21. The van der Waals surface area contributed by atoms with E-state index in [2.05, 4.69) is 165 Å². The average Bonchev–Trinajstić information content (AvgIpc) is 3.58. The van der Waals surface area contributed by atoms with Gasteiger partial charge in [-0.15, -0.1) is 0 Å². The third kappa shape index (κ3) is 4.56. The van der Waals surface area contributed by atoms with E-state index in [4.69, 9.17) is 19.4 Å². The van der Waals surface area contributed by atoms with E-state index < -0.39 is 5.41 Å². The van der Waals surface area contributed by atoms with Crippen LogP contribution in [0.15, 0.2) is 156 Å². The second kappa shape index (κ2) is 11.1. The number of nitrogens with zero attached hydrogens (tertiary/aromatic N) is 3. The molecule has 1 unspecified atom stereocenters. The zero-order chi connectivity index (χ0) is 33.2. The Hall–Kier alpha value is -6.39. The van der Waals surface area contributed by atoms with E-state index in [0.717, 1.165) is 67.6 Å². The molecule has 0 fully saturated rings. The van der Waals surface area contributed by atoms with Crippen LogP contribution in [-0.4, -0.2) is 15.0 Å². The molecule has 0 aliphatic heterocycles. The predicted molar refractivity (Wildman–Crippen MR) is 205 cm³/mol. The van der Waals surface area contributed by atoms with Crippen molar-refractivity contribution < 1.29 is 4.42 Å². The van der Waals surface area contributed by atoms with Crippen molar-refractivity contribution in [3.8, 4) is 33.9 Å². The molecule has 236 valence electrons. The third-order valence-corrected chi connectivity index (χ3v) is 10.3. The highest BCUT2D eigenvalue weighted by molar-refractivity contribution is 6.01. The summed E-state index contributed by atoms with van der Waals surface area (Å²) in [5.74, 6) is 2.88. The van der Waals surface area contributed by atoms with Crippen LogP contribution < -0.4 is 0 Å². The van der Waals surface area contributed by atoms with Crippen LogP contribution in [0.1, 0.15) is 30.5 Å². The maximum atomic E-state index is 6.63. The lowest BCUT2D eigenvalue weighted by Gasteiger charge is -2.30. The van der Waals surface area contributed by atoms with Crippen molar-refractivity contribution >= 4 is 49.4 Å². The highest BCUT2D eigenvalue weighted by atomic mass is 16.3. The summed E-state index contributed by atoms with van der Waals surface area (Å²) >= 11 is 0. The van der Waals surface area contributed by atoms with E-state index in [1.54, 1.807) is 0 Å². The van der Waals surface area contributed by atoms with E-state index in [0.29, 0.717) is 11.6 Å². The largest absolute Gasteiger partial charge is 0.456 e. The van der Waals surface area contributed by atoms with Gasteiger partial charge in [-0.05, 0) is 87.1 Å². The summed E-state index contributed by atoms with van der Waals surface area (Å²) in [6.45, 7) is 2.26. The quantitative estimate of drug-likeness (QED) is 0.192. The molecule has 0 saturated heterocycles. The second-order valence-electron chi connectivity index (χ2n) is 13.5. The molecule has 0 amide bonds. The molecular weight excluding hydrogens is 611 g/mol. The molecule has 0 radical (unpaired) electrons. The van der Waals surface area contributed by atoms with Crippen molar-refractivity contribution in [2.45, 2.75) is 18.8 Å². The first-order chi connectivity index (χ1) is 24.6. The minimum absolute atomic E-state index is 0.595. The van der Waals surface area contributed by atoms with Gasteiger partial charge in [-0.2, -0.15) is 0 Å². The van der Waals surface area contributed by atoms with E-state index in [9.17, 15) is 0 Å². The fourth-order valence-electron chi connectivity index (χ4n) is 7.67. The molecule has 2 heterocycles. The molecular formula is C46H31N3O. The van der Waals surface area contributed by atoms with Crippen LogP contribution in [0.3, 0.4) is 0 Å². The normalized spacial score (nSPS) is 15.6. The summed E-state index contributed by atoms with van der Waals surface area (Å²) < 4.78 is 6.63. The molecule has 4 heteroatoms. The minimum atomic E-state index is -0.595. The average molecular weight is 642 g/mol. The number of benzene rings is 7. The lowest BCUT2D eigenvalue weighted by molar-refractivity contribution is 0.509. The monoisotopic (exact) mass is 641 g/mol. The Balaban J connectivity index is 1.21. The molecule has 4 nitrogen and oxygen atoms in total. The van der Waals surface area contributed by atoms with Crippen molar-refractivity contribution in [2.75, 3.05) is 0 Å². The lowest BCUT2D eigenvalue weighted by Crippen LogP contribution is -2.29. The Morgan fingerprint density at radius 3 is 1.62 bits per heavy atom. The third-order valence-electron chi connectivity index (χ3n) is 10.3. The van der Waals surface area contributed by atoms with Gasteiger partial charge in [-0.1, -0.05) is 127 Å². The van der Waals surface area contributed by atoms with Crippen molar-refractivity contribution in [2.24, 2.45) is 0 Å². The first-order valence-corrected chi connectivity index (χ1v) is 17.1. The summed E-state index contributed by atoms with van der Waals surface area (Å²) in [5.41, 5.74) is 5.58. The van der Waals surface area contributed by atoms with Crippen LogP contribution in [0.25, 0.3) is 83.3 Å². The summed E-state index contributed by atoms with van der Waals surface area (Å²) in [4.78, 5) is 15.8. The molecule has 50 heavy (non-hydrogen) atoms. The maximum absolute atomic E-state index is 6.63. The Bertz CT molecular complexity index is 2730. The number of fused-ring (bicyclic) bond motifs is 6. The highest BCUT2D eigenvalue weighted by Crippen LogP contribution is 2.48. The Morgan fingerprint density at radius 1 is 0.520 bits per heavy atom. The van der Waals surface area contributed by atoms with Crippen molar-refractivity contribution in [1.82, 2.24) is 15.0 Å². The zero-order valence-electron chi connectivity index (χ0n) is 27.5. The Labute approximate surface area is 289 Å². The van der Waals surface area contributed by atoms with Crippen LogP contribution in [0, 0.1) is 0 Å². The molecule has 2 aromatic heterocycles. The van der Waals surface area contributed by atoms with Crippen molar-refractivity contribution in [3.05, 3.63) is 169 Å². The van der Waals surface area contributed by atoms with Crippen molar-refractivity contribution in [3.63, 3.8) is 0 Å². The van der Waals surface area contributed by atoms with E-state index in [-0.39, 0.29) is 0 Å². The van der Waals surface area contributed by atoms with E-state index in [1.807, 2.05) is 0 Å². The summed E-state index contributed by atoms with van der Waals surface area (Å²) in [6, 6.07) is 51.2. The molecule has 0 bridgehead atoms. The number of rotatable bonds is 4. The first-order valence-electron chi connectivity index (χ1n) is 17.1. The van der Waals surface area contributed by atoms with Gasteiger partial charge in [-0.25, -0.2) is 15.0 Å². The maximum Gasteiger partial charge on any atom is 0.163 e. The van der Waals surface area contributed by atoms with Gasteiger partial charge in [0.15, 0.2) is 11.6 Å². The second-order valence-corrected chi connectivity index (χ2v) is 13.5. The molecule has 1 atom stereocenters. The fraction of sp³-hybridized carbons (Fsp3) is 0.0652. The Kier molecular flexibility index (Phi) is 6.34. The standard InChI is InChI=1S/C46H31N3O/c1-46(25-9-18-40-42(46)41-38(16-8-17-39(41)50-40)35-22-19-29-10-2-5-13-32(29)26-35)45-48-43(36-23-20-30-11-3-6-14-33(30)27-36)47-44(49-45)37-24-21-31-12-4-7-15-34(31)28-37/h2-24,26-28H,25H2,1H3. The lowest BCUT2D eigenvalue weighted by atomic mass is 9.73. The van der Waals surface area contributed by atoms with Gasteiger partial charge in [0.25, 0.3) is 0 Å². The number of hydrogen-bond donors (Lipinski definition) is 0. The molecule has 0 N–H and O–H groups in total. The molecule has 0 spiro atoms. The summed E-state index contributed by atoms with van der Waals surface area (Å²) in [6.07, 6.45) is 5.02. The number of hydrogen-bond acceptors (Lipinski definition) is 4. The van der Waals surface area contributed by atoms with Gasteiger partial charge >= 0.3 is 0 Å². The zero-order valence-corrected chi connectivity index (χ0v) is 27.5. The topological polar surface area (TPSA) is 51.8 Å². The molecule has 0 saturated carbocycles. The number of aromatic nitrogens is 3. The first kappa shape index (κ1) is 28.6. The smallest absolute Gasteiger partial charge is 0.163 e. The van der Waals surface area contributed by atoms with Gasteiger partial charge in [0.05, 0.1) is 5.41 Å². The summed E-state index contributed by atoms with van der Waals surface area (Å²) in [5, 5.41) is 8.19. The van der Waals surface area contributed by atoms with Crippen molar-refractivity contribution in [1.29, 1.82) is 0 Å².